The summed E-state index contributed by atoms with van der Waals surface area (Å²) in [6.07, 6.45) is 0. The van der Waals surface area contributed by atoms with Gasteiger partial charge >= 0.3 is 0 Å². The number of anilines is 1. The van der Waals surface area contributed by atoms with Gasteiger partial charge in [-0.1, -0.05) is 12.1 Å². The van der Waals surface area contributed by atoms with E-state index in [2.05, 4.69) is 33.3 Å². The maximum Gasteiger partial charge on any atom is 0.238 e. The fraction of sp³-hybridized carbons (Fsp3) is 0.333. The lowest BCUT2D eigenvalue weighted by molar-refractivity contribution is -0.117. The average molecular weight is 397 g/mol. The predicted molar refractivity (Wildman–Crippen MR) is 113 cm³/mol. The van der Waals surface area contributed by atoms with Crippen LogP contribution in [0, 0.1) is 0 Å². The second-order valence-electron chi connectivity index (χ2n) is 6.90. The Morgan fingerprint density at radius 3 is 2.50 bits per heavy atom. The molecule has 0 unspecified atom stereocenters. The van der Waals surface area contributed by atoms with E-state index in [4.69, 9.17) is 9.72 Å². The van der Waals surface area contributed by atoms with E-state index >= 15 is 0 Å². The third-order valence-electron chi connectivity index (χ3n) is 4.90. The Labute approximate surface area is 168 Å². The highest BCUT2D eigenvalue weighted by Gasteiger charge is 2.20. The Kier molecular flexibility index (Phi) is 5.85. The van der Waals surface area contributed by atoms with Crippen molar-refractivity contribution in [1.82, 2.24) is 14.8 Å². The van der Waals surface area contributed by atoms with Crippen LogP contribution in [-0.4, -0.2) is 60.5 Å². The number of carbonyl (C=O) groups is 1. The van der Waals surface area contributed by atoms with E-state index in [1.807, 2.05) is 30.3 Å². The first-order chi connectivity index (χ1) is 13.7. The van der Waals surface area contributed by atoms with Crippen LogP contribution in [0.15, 0.2) is 48.5 Å². The highest BCUT2D eigenvalue weighted by molar-refractivity contribution is 7.18. The molecule has 1 saturated heterocycles. The topological polar surface area (TPSA) is 57.7 Å². The number of ether oxygens (including phenoxy) is 1. The van der Waals surface area contributed by atoms with E-state index < -0.39 is 0 Å². The van der Waals surface area contributed by atoms with Gasteiger partial charge in [-0.2, -0.15) is 0 Å². The molecule has 1 aliphatic heterocycles. The van der Waals surface area contributed by atoms with Crippen LogP contribution in [0.1, 0.15) is 5.01 Å². The zero-order chi connectivity index (χ0) is 19.3. The number of methoxy groups -OCH3 is 1. The Morgan fingerprint density at radius 1 is 1.07 bits per heavy atom. The van der Waals surface area contributed by atoms with Crippen molar-refractivity contribution in [1.29, 1.82) is 0 Å². The summed E-state index contributed by atoms with van der Waals surface area (Å²) in [6, 6.07) is 15.7. The number of para-hydroxylation sites is 1. The molecule has 1 aliphatic rings. The van der Waals surface area contributed by atoms with Crippen molar-refractivity contribution < 1.29 is 9.53 Å². The first kappa shape index (κ1) is 18.9. The molecule has 4 rings (SSSR count). The number of nitrogens with one attached hydrogen (secondary N) is 1. The molecule has 7 heteroatoms. The highest BCUT2D eigenvalue weighted by Crippen LogP contribution is 2.23. The van der Waals surface area contributed by atoms with Gasteiger partial charge in [0.1, 0.15) is 10.8 Å². The number of thiazole rings is 1. The van der Waals surface area contributed by atoms with E-state index in [9.17, 15) is 4.79 Å². The molecule has 6 nitrogen and oxygen atoms in total. The first-order valence-corrected chi connectivity index (χ1v) is 10.2. The van der Waals surface area contributed by atoms with Gasteiger partial charge in [0, 0.05) is 31.9 Å². The molecule has 3 aromatic rings. The number of fused-ring (bicyclic) bond motifs is 1. The molecule has 0 spiro atoms. The largest absolute Gasteiger partial charge is 0.497 e. The zero-order valence-electron chi connectivity index (χ0n) is 15.9. The van der Waals surface area contributed by atoms with Crippen LogP contribution in [0.4, 0.5) is 5.69 Å². The van der Waals surface area contributed by atoms with Gasteiger partial charge in [-0.3, -0.25) is 14.6 Å². The first-order valence-electron chi connectivity index (χ1n) is 9.43. The standard InChI is InChI=1S/C21H24N4O2S/c1-27-17-8-6-16(7-9-17)22-20(26)14-24-10-12-25(13-11-24)15-21-23-18-4-2-3-5-19(18)28-21/h2-9H,10-15H2,1H3,(H,22,26). The number of piperazine rings is 1. The summed E-state index contributed by atoms with van der Waals surface area (Å²) < 4.78 is 6.38. The number of carbonyl (C=O) groups excluding carboxylic acids is 1. The van der Waals surface area contributed by atoms with Gasteiger partial charge in [0.05, 0.1) is 30.4 Å². The molecule has 2 heterocycles. The predicted octanol–water partition coefficient (Wildman–Crippen LogP) is 3.06. The Balaban J connectivity index is 1.23. The van der Waals surface area contributed by atoms with Gasteiger partial charge < -0.3 is 10.1 Å². The molecule has 1 fully saturated rings. The number of rotatable bonds is 6. The van der Waals surface area contributed by atoms with Crippen LogP contribution in [0.5, 0.6) is 5.75 Å². The molecule has 0 radical (unpaired) electrons. The van der Waals surface area contributed by atoms with Crippen LogP contribution >= 0.6 is 11.3 Å². The zero-order valence-corrected chi connectivity index (χ0v) is 16.7. The van der Waals surface area contributed by atoms with Crippen LogP contribution in [0.2, 0.25) is 0 Å². The molecule has 0 aliphatic carbocycles. The summed E-state index contributed by atoms with van der Waals surface area (Å²) in [5.74, 6) is 0.798. The van der Waals surface area contributed by atoms with Gasteiger partial charge in [-0.05, 0) is 36.4 Å². The number of amides is 1. The molecule has 28 heavy (non-hydrogen) atoms. The minimum atomic E-state index is 0.0183. The van der Waals surface area contributed by atoms with Crippen molar-refractivity contribution in [2.45, 2.75) is 6.54 Å². The van der Waals surface area contributed by atoms with Gasteiger partial charge in [-0.25, -0.2) is 4.98 Å². The monoisotopic (exact) mass is 396 g/mol. The second-order valence-corrected chi connectivity index (χ2v) is 8.02. The molecule has 2 aromatic carbocycles. The van der Waals surface area contributed by atoms with Gasteiger partial charge in [0.2, 0.25) is 5.91 Å². The van der Waals surface area contributed by atoms with E-state index in [0.717, 1.165) is 54.7 Å². The summed E-state index contributed by atoms with van der Waals surface area (Å²) in [6.45, 7) is 4.98. The van der Waals surface area contributed by atoms with Crippen LogP contribution in [0.3, 0.4) is 0 Å². The Morgan fingerprint density at radius 2 is 1.79 bits per heavy atom. The van der Waals surface area contributed by atoms with Crippen molar-refractivity contribution in [3.63, 3.8) is 0 Å². The Bertz CT molecular complexity index is 900. The molecular formula is C21H24N4O2S. The maximum atomic E-state index is 12.3. The van der Waals surface area contributed by atoms with Crippen molar-refractivity contribution >= 4 is 33.1 Å². The van der Waals surface area contributed by atoms with E-state index in [1.54, 1.807) is 18.4 Å². The van der Waals surface area contributed by atoms with Gasteiger partial charge in [0.25, 0.3) is 0 Å². The molecule has 1 aromatic heterocycles. The minimum Gasteiger partial charge on any atom is -0.497 e. The molecule has 0 saturated carbocycles. The smallest absolute Gasteiger partial charge is 0.238 e. The quantitative estimate of drug-likeness (QED) is 0.694. The molecule has 1 amide bonds. The number of aromatic nitrogens is 1. The summed E-state index contributed by atoms with van der Waals surface area (Å²) >= 11 is 1.77. The number of nitrogens with zero attached hydrogens (tertiary/aromatic N) is 3. The van der Waals surface area contributed by atoms with Gasteiger partial charge in [0.15, 0.2) is 0 Å². The fourth-order valence-corrected chi connectivity index (χ4v) is 4.37. The fourth-order valence-electron chi connectivity index (χ4n) is 3.36. The summed E-state index contributed by atoms with van der Waals surface area (Å²) in [7, 11) is 1.63. The van der Waals surface area contributed by atoms with Crippen molar-refractivity contribution in [2.24, 2.45) is 0 Å². The van der Waals surface area contributed by atoms with Crippen LogP contribution in [0.25, 0.3) is 10.2 Å². The van der Waals surface area contributed by atoms with E-state index in [1.165, 1.54) is 4.70 Å². The van der Waals surface area contributed by atoms with Crippen molar-refractivity contribution in [3.05, 3.63) is 53.5 Å². The Hall–Kier alpha value is -2.48. The van der Waals surface area contributed by atoms with Crippen molar-refractivity contribution in [3.8, 4) is 5.75 Å². The lowest BCUT2D eigenvalue weighted by atomic mass is 10.3. The van der Waals surface area contributed by atoms with Crippen molar-refractivity contribution in [2.75, 3.05) is 45.2 Å². The summed E-state index contributed by atoms with van der Waals surface area (Å²) in [5.41, 5.74) is 1.87. The van der Waals surface area contributed by atoms with Gasteiger partial charge in [-0.15, -0.1) is 11.3 Å². The summed E-state index contributed by atoms with van der Waals surface area (Å²) in [5, 5.41) is 4.11. The van der Waals surface area contributed by atoms with Crippen LogP contribution in [-0.2, 0) is 11.3 Å². The third kappa shape index (κ3) is 4.67. The number of benzene rings is 2. The molecule has 0 bridgehead atoms. The second kappa shape index (κ2) is 8.68. The lowest BCUT2D eigenvalue weighted by Gasteiger charge is -2.33. The molecule has 0 atom stereocenters. The normalized spacial score (nSPS) is 15.6. The number of hydrogen-bond acceptors (Lipinski definition) is 6. The lowest BCUT2D eigenvalue weighted by Crippen LogP contribution is -2.48. The molecular weight excluding hydrogens is 372 g/mol. The van der Waals surface area contributed by atoms with E-state index in [0.29, 0.717) is 6.54 Å². The maximum absolute atomic E-state index is 12.3. The van der Waals surface area contributed by atoms with E-state index in [-0.39, 0.29) is 5.91 Å². The average Bonchev–Trinajstić information content (AvgIpc) is 3.12. The molecule has 1 N–H and O–H groups in total. The summed E-state index contributed by atoms with van der Waals surface area (Å²) in [4.78, 5) is 21.6. The highest BCUT2D eigenvalue weighted by atomic mass is 32.1. The third-order valence-corrected chi connectivity index (χ3v) is 5.92. The van der Waals surface area contributed by atoms with Crippen LogP contribution < -0.4 is 10.1 Å². The minimum absolute atomic E-state index is 0.0183. The SMILES string of the molecule is COc1ccc(NC(=O)CN2CCN(Cc3nc4ccccc4s3)CC2)cc1. The molecule has 146 valence electrons. The number of hydrogen-bond donors (Lipinski definition) is 1.